The van der Waals surface area contributed by atoms with Crippen molar-refractivity contribution in [2.75, 3.05) is 0 Å². The summed E-state index contributed by atoms with van der Waals surface area (Å²) < 4.78 is 9.90. The van der Waals surface area contributed by atoms with Crippen molar-refractivity contribution < 1.29 is 30.9 Å². The van der Waals surface area contributed by atoms with Crippen molar-refractivity contribution in [3.8, 4) is 29.4 Å². The number of ether oxygens (including phenoxy) is 1. The molecule has 0 spiro atoms. The van der Waals surface area contributed by atoms with Gasteiger partial charge in [-0.2, -0.15) is 9.97 Å². The second kappa shape index (κ2) is 10.4. The van der Waals surface area contributed by atoms with Gasteiger partial charge in [-0.3, -0.25) is 9.13 Å². The molecule has 0 fully saturated rings. The molecule has 0 atom stereocenters. The van der Waals surface area contributed by atoms with E-state index in [9.17, 15) is 5.11 Å². The smallest absolute Gasteiger partial charge is 0.299 e. The average molecular weight is 728 g/mol. The third-order valence-corrected chi connectivity index (χ3v) is 7.07. The molecule has 0 aliphatic heterocycles. The number of nitrogens with zero attached hydrogens (tertiary/aromatic N) is 6. The number of imidazole rings is 1. The molecule has 8 nitrogen and oxygen atoms in total. The quantitative estimate of drug-likeness (QED) is 0.206. The van der Waals surface area contributed by atoms with Crippen LogP contribution in [0.2, 0.25) is 0 Å². The molecule has 6 rings (SSSR count). The predicted molar refractivity (Wildman–Crippen MR) is 157 cm³/mol. The maximum Gasteiger partial charge on any atom is 0.299 e. The number of pyridine rings is 3. The van der Waals surface area contributed by atoms with Gasteiger partial charge in [-0.05, 0) is 52.3 Å². The van der Waals surface area contributed by atoms with Crippen LogP contribution in [0.1, 0.15) is 52.7 Å². The average Bonchev–Trinajstić information content (AvgIpc) is 3.48. The van der Waals surface area contributed by atoms with Crippen LogP contribution in [0.25, 0.3) is 33.6 Å². The van der Waals surface area contributed by atoms with Crippen molar-refractivity contribution in [2.45, 2.75) is 52.4 Å². The SMILES string of the molecule is CC(C)(C)c1cc(Oc2ccc3c4ccccc4n(-c4cc(C(C)(C)C)ccn4)c3n2)nc(-n2ccnc2O)c1.[Pt]. The summed E-state index contributed by atoms with van der Waals surface area (Å²) >= 11 is 0. The van der Waals surface area contributed by atoms with Crippen LogP contribution in [0.3, 0.4) is 0 Å². The molecule has 0 radical (unpaired) electrons. The van der Waals surface area contributed by atoms with E-state index in [1.165, 1.54) is 16.3 Å². The number of aromatic nitrogens is 6. The molecular weight excluding hydrogens is 695 g/mol. The van der Waals surface area contributed by atoms with Gasteiger partial charge in [0.2, 0.25) is 11.8 Å². The molecule has 0 saturated carbocycles. The summed E-state index contributed by atoms with van der Waals surface area (Å²) in [7, 11) is 0. The minimum absolute atomic E-state index is 0. The first kappa shape index (κ1) is 28.5. The number of hydrogen-bond acceptors (Lipinski definition) is 6. The summed E-state index contributed by atoms with van der Waals surface area (Å²) in [6, 6.07) is 20.0. The van der Waals surface area contributed by atoms with Gasteiger partial charge in [0, 0.05) is 62.6 Å². The first-order chi connectivity index (χ1) is 19.0. The second-order valence-corrected chi connectivity index (χ2v) is 12.0. The number of aromatic hydroxyl groups is 1. The molecule has 1 aromatic carbocycles. The van der Waals surface area contributed by atoms with E-state index in [0.29, 0.717) is 17.6 Å². The van der Waals surface area contributed by atoms with Gasteiger partial charge < -0.3 is 9.84 Å². The minimum Gasteiger partial charge on any atom is -0.480 e. The maximum absolute atomic E-state index is 10.2. The van der Waals surface area contributed by atoms with Crippen LogP contribution in [-0.4, -0.2) is 34.2 Å². The summed E-state index contributed by atoms with van der Waals surface area (Å²) in [5.41, 5.74) is 3.75. The molecule has 6 aromatic rings. The molecule has 41 heavy (non-hydrogen) atoms. The van der Waals surface area contributed by atoms with Crippen LogP contribution in [-0.2, 0) is 31.9 Å². The van der Waals surface area contributed by atoms with E-state index in [-0.39, 0.29) is 37.9 Å². The fourth-order valence-corrected chi connectivity index (χ4v) is 4.80. The van der Waals surface area contributed by atoms with Gasteiger partial charge in [0.15, 0.2) is 5.65 Å². The molecule has 212 valence electrons. The van der Waals surface area contributed by atoms with E-state index in [2.05, 4.69) is 80.3 Å². The van der Waals surface area contributed by atoms with Crippen molar-refractivity contribution in [3.63, 3.8) is 0 Å². The zero-order chi connectivity index (χ0) is 28.2. The molecule has 0 saturated heterocycles. The predicted octanol–water partition coefficient (Wildman–Crippen LogP) is 7.24. The molecule has 0 bridgehead atoms. The standard InChI is InChI=1S/C32H32N6O2.Pt/c1-31(2,3)20-13-14-33-25(17-20)38-24-10-8-7-9-22(24)23-11-12-27(36-29(23)38)40-28-19-21(32(4,5)6)18-26(35-28)37-16-15-34-30(37)39;/h7-19H,1-6H3,(H,34,39);. The fourth-order valence-electron chi connectivity index (χ4n) is 4.80. The van der Waals surface area contributed by atoms with Crippen LogP contribution in [0.4, 0.5) is 0 Å². The van der Waals surface area contributed by atoms with Gasteiger partial charge in [-0.25, -0.2) is 9.97 Å². The third-order valence-electron chi connectivity index (χ3n) is 7.07. The largest absolute Gasteiger partial charge is 0.480 e. The van der Waals surface area contributed by atoms with Crippen LogP contribution in [0.5, 0.6) is 17.8 Å². The van der Waals surface area contributed by atoms with E-state index in [4.69, 9.17) is 14.7 Å². The molecule has 5 heterocycles. The summed E-state index contributed by atoms with van der Waals surface area (Å²) in [5, 5.41) is 12.3. The van der Waals surface area contributed by atoms with Gasteiger partial charge in [0.05, 0.1) is 5.52 Å². The van der Waals surface area contributed by atoms with Gasteiger partial charge in [0.1, 0.15) is 11.6 Å². The molecule has 0 aliphatic rings. The fraction of sp³-hybridized carbons (Fsp3) is 0.250. The zero-order valence-electron chi connectivity index (χ0n) is 23.9. The summed E-state index contributed by atoms with van der Waals surface area (Å²) in [6.45, 7) is 12.9. The Hall–Kier alpha value is -4.03. The maximum atomic E-state index is 10.2. The zero-order valence-corrected chi connectivity index (χ0v) is 26.1. The summed E-state index contributed by atoms with van der Waals surface area (Å²) in [5.74, 6) is 2.09. The van der Waals surface area contributed by atoms with E-state index in [0.717, 1.165) is 33.3 Å². The Morgan fingerprint density at radius 1 is 0.707 bits per heavy atom. The molecule has 5 aromatic heterocycles. The van der Waals surface area contributed by atoms with E-state index in [1.54, 1.807) is 6.20 Å². The summed E-state index contributed by atoms with van der Waals surface area (Å²) in [6.07, 6.45) is 5.04. The third kappa shape index (κ3) is 5.36. The van der Waals surface area contributed by atoms with E-state index >= 15 is 0 Å². The Kier molecular flexibility index (Phi) is 7.24. The number of benzene rings is 1. The first-order valence-corrected chi connectivity index (χ1v) is 13.3. The molecule has 0 unspecified atom stereocenters. The molecule has 0 amide bonds. The monoisotopic (exact) mass is 727 g/mol. The van der Waals surface area contributed by atoms with Gasteiger partial charge >= 0.3 is 0 Å². The van der Waals surface area contributed by atoms with Crippen LogP contribution in [0.15, 0.2) is 79.3 Å². The summed E-state index contributed by atoms with van der Waals surface area (Å²) in [4.78, 5) is 18.3. The van der Waals surface area contributed by atoms with Gasteiger partial charge in [0.25, 0.3) is 6.01 Å². The first-order valence-electron chi connectivity index (χ1n) is 13.3. The molecule has 9 heteroatoms. The van der Waals surface area contributed by atoms with Crippen LogP contribution in [0, 0.1) is 0 Å². The molecular formula is C32H32N6O2Pt. The van der Waals surface area contributed by atoms with Crippen molar-refractivity contribution in [3.05, 3.63) is 90.4 Å². The Balaban J connectivity index is 0.00000337. The Bertz CT molecular complexity index is 1880. The Labute approximate surface area is 253 Å². The number of para-hydroxylation sites is 1. The molecule has 0 aliphatic carbocycles. The minimum atomic E-state index is -0.181. The Morgan fingerprint density at radius 3 is 2.15 bits per heavy atom. The number of hydrogen-bond donors (Lipinski definition) is 1. The van der Waals surface area contributed by atoms with E-state index < -0.39 is 0 Å². The number of rotatable bonds is 4. The molecule has 1 N–H and O–H groups in total. The Morgan fingerprint density at radius 2 is 1.44 bits per heavy atom. The normalized spacial score (nSPS) is 12.0. The topological polar surface area (TPSA) is 90.9 Å². The number of fused-ring (bicyclic) bond motifs is 3. The van der Waals surface area contributed by atoms with Crippen LogP contribution >= 0.6 is 0 Å². The van der Waals surface area contributed by atoms with Crippen LogP contribution < -0.4 is 4.74 Å². The van der Waals surface area contributed by atoms with Crippen molar-refractivity contribution in [1.82, 2.24) is 29.1 Å². The van der Waals surface area contributed by atoms with Crippen molar-refractivity contribution >= 4 is 21.9 Å². The van der Waals surface area contributed by atoms with Gasteiger partial charge in [-0.15, -0.1) is 0 Å². The van der Waals surface area contributed by atoms with Gasteiger partial charge in [-0.1, -0.05) is 59.7 Å². The van der Waals surface area contributed by atoms with E-state index in [1.807, 2.05) is 42.6 Å². The van der Waals surface area contributed by atoms with Crippen molar-refractivity contribution in [2.24, 2.45) is 0 Å². The second-order valence-electron chi connectivity index (χ2n) is 12.0. The van der Waals surface area contributed by atoms with Crippen molar-refractivity contribution in [1.29, 1.82) is 0 Å².